The number of hydrogen-bond donors (Lipinski definition) is 1. The third-order valence-electron chi connectivity index (χ3n) is 3.49. The second kappa shape index (κ2) is 8.27. The normalized spacial score (nSPS) is 22.3. The lowest BCUT2D eigenvalue weighted by Gasteiger charge is -2.14. The average molecular weight is 281 g/mol. The van der Waals surface area contributed by atoms with Gasteiger partial charge in [-0.3, -0.25) is 4.68 Å². The highest BCUT2D eigenvalue weighted by Gasteiger charge is 2.25. The summed E-state index contributed by atoms with van der Waals surface area (Å²) in [4.78, 5) is 0. The molecule has 0 amide bonds. The Bertz CT molecular complexity index is 381. The molecule has 2 rings (SSSR count). The van der Waals surface area contributed by atoms with Crippen LogP contribution in [0.1, 0.15) is 39.5 Å². The zero-order valence-electron chi connectivity index (χ0n) is 12.7. The van der Waals surface area contributed by atoms with E-state index in [-0.39, 0.29) is 6.10 Å². The van der Waals surface area contributed by atoms with E-state index in [0.29, 0.717) is 12.7 Å². The summed E-state index contributed by atoms with van der Waals surface area (Å²) in [7, 11) is 0. The van der Waals surface area contributed by atoms with Crippen LogP contribution >= 0.6 is 0 Å². The molecule has 0 aromatic carbocycles. The summed E-state index contributed by atoms with van der Waals surface area (Å²) in [5, 5.41) is 7.67. The summed E-state index contributed by atoms with van der Waals surface area (Å²) in [5.41, 5.74) is 0. The zero-order chi connectivity index (χ0) is 14.2. The van der Waals surface area contributed by atoms with Gasteiger partial charge >= 0.3 is 0 Å². The molecule has 1 aromatic rings. The SMILES string of the molecule is CCCNCC1CCC(COc2cnn(CCC)c2)O1. The Labute approximate surface area is 121 Å². The molecule has 2 heterocycles. The maximum atomic E-state index is 5.97. The van der Waals surface area contributed by atoms with Gasteiger partial charge in [-0.1, -0.05) is 13.8 Å². The third-order valence-corrected chi connectivity index (χ3v) is 3.49. The van der Waals surface area contributed by atoms with Crippen molar-refractivity contribution < 1.29 is 9.47 Å². The fourth-order valence-corrected chi connectivity index (χ4v) is 2.45. The van der Waals surface area contributed by atoms with Gasteiger partial charge in [0.1, 0.15) is 6.61 Å². The van der Waals surface area contributed by atoms with Crippen molar-refractivity contribution in [2.24, 2.45) is 0 Å². The quantitative estimate of drug-likeness (QED) is 0.705. The lowest BCUT2D eigenvalue weighted by Crippen LogP contribution is -2.28. The Morgan fingerprint density at radius 1 is 1.35 bits per heavy atom. The molecule has 5 heteroatoms. The molecule has 1 aliphatic rings. The number of aromatic nitrogens is 2. The Morgan fingerprint density at radius 2 is 2.20 bits per heavy atom. The molecule has 5 nitrogen and oxygen atoms in total. The van der Waals surface area contributed by atoms with Gasteiger partial charge in [-0.05, 0) is 32.2 Å². The van der Waals surface area contributed by atoms with Gasteiger partial charge < -0.3 is 14.8 Å². The van der Waals surface area contributed by atoms with Crippen LogP contribution in [0.5, 0.6) is 5.75 Å². The maximum absolute atomic E-state index is 5.97. The number of hydrogen-bond acceptors (Lipinski definition) is 4. The summed E-state index contributed by atoms with van der Waals surface area (Å²) in [6.07, 6.45) is 8.77. The standard InChI is InChI=1S/C15H27N3O2/c1-3-7-16-9-13-5-6-14(20-13)12-19-15-10-17-18(11-15)8-4-2/h10-11,13-14,16H,3-9,12H2,1-2H3. The van der Waals surface area contributed by atoms with Gasteiger partial charge in [-0.25, -0.2) is 0 Å². The predicted octanol–water partition coefficient (Wildman–Crippen LogP) is 2.22. The van der Waals surface area contributed by atoms with Gasteiger partial charge in [0.15, 0.2) is 5.75 Å². The highest BCUT2D eigenvalue weighted by Crippen LogP contribution is 2.20. The summed E-state index contributed by atoms with van der Waals surface area (Å²) < 4.78 is 13.7. The molecule has 1 fully saturated rings. The van der Waals surface area contributed by atoms with Crippen molar-refractivity contribution in [2.45, 2.75) is 58.3 Å². The van der Waals surface area contributed by atoms with Gasteiger partial charge in [0, 0.05) is 13.1 Å². The lowest BCUT2D eigenvalue weighted by molar-refractivity contribution is 0.0186. The molecule has 1 aliphatic heterocycles. The highest BCUT2D eigenvalue weighted by atomic mass is 16.5. The molecule has 1 N–H and O–H groups in total. The third kappa shape index (κ3) is 4.80. The molecular formula is C15H27N3O2. The monoisotopic (exact) mass is 281 g/mol. The highest BCUT2D eigenvalue weighted by molar-refractivity contribution is 5.11. The second-order valence-corrected chi connectivity index (χ2v) is 5.41. The van der Waals surface area contributed by atoms with E-state index in [4.69, 9.17) is 9.47 Å². The Hall–Kier alpha value is -1.07. The molecule has 0 saturated carbocycles. The van der Waals surface area contributed by atoms with Gasteiger partial charge in [-0.15, -0.1) is 0 Å². The number of ether oxygens (including phenoxy) is 2. The molecule has 0 radical (unpaired) electrons. The number of nitrogens with zero attached hydrogens (tertiary/aromatic N) is 2. The molecule has 1 saturated heterocycles. The van der Waals surface area contributed by atoms with Crippen molar-refractivity contribution in [1.82, 2.24) is 15.1 Å². The topological polar surface area (TPSA) is 48.3 Å². The Balaban J connectivity index is 1.64. The van der Waals surface area contributed by atoms with Gasteiger partial charge in [0.25, 0.3) is 0 Å². The van der Waals surface area contributed by atoms with E-state index in [2.05, 4.69) is 24.3 Å². The van der Waals surface area contributed by atoms with Gasteiger partial charge in [0.05, 0.1) is 24.6 Å². The number of rotatable bonds is 9. The van der Waals surface area contributed by atoms with E-state index >= 15 is 0 Å². The van der Waals surface area contributed by atoms with Crippen molar-refractivity contribution >= 4 is 0 Å². The van der Waals surface area contributed by atoms with Crippen molar-refractivity contribution in [2.75, 3.05) is 19.7 Å². The summed E-state index contributed by atoms with van der Waals surface area (Å²) in [6.45, 7) is 7.91. The summed E-state index contributed by atoms with van der Waals surface area (Å²) in [5.74, 6) is 0.842. The van der Waals surface area contributed by atoms with Crippen LogP contribution in [0.25, 0.3) is 0 Å². The first-order valence-electron chi connectivity index (χ1n) is 7.83. The van der Waals surface area contributed by atoms with E-state index in [1.54, 1.807) is 6.20 Å². The second-order valence-electron chi connectivity index (χ2n) is 5.41. The molecule has 1 aromatic heterocycles. The molecule has 0 aliphatic carbocycles. The Morgan fingerprint density at radius 3 is 3.00 bits per heavy atom. The average Bonchev–Trinajstić information content (AvgIpc) is 3.07. The van der Waals surface area contributed by atoms with E-state index in [1.165, 1.54) is 6.42 Å². The van der Waals surface area contributed by atoms with Gasteiger partial charge in [0.2, 0.25) is 0 Å². The van der Waals surface area contributed by atoms with Crippen LogP contribution < -0.4 is 10.1 Å². The first kappa shape index (κ1) is 15.3. The fraction of sp³-hybridized carbons (Fsp3) is 0.800. The van der Waals surface area contributed by atoms with Crippen LogP contribution in [0.2, 0.25) is 0 Å². The zero-order valence-corrected chi connectivity index (χ0v) is 12.7. The van der Waals surface area contributed by atoms with E-state index in [9.17, 15) is 0 Å². The van der Waals surface area contributed by atoms with Crippen LogP contribution in [0.3, 0.4) is 0 Å². The van der Waals surface area contributed by atoms with Crippen LogP contribution in [-0.4, -0.2) is 41.7 Å². The predicted molar refractivity (Wildman–Crippen MR) is 79.1 cm³/mol. The fourth-order valence-electron chi connectivity index (χ4n) is 2.45. The molecular weight excluding hydrogens is 254 g/mol. The number of nitrogens with one attached hydrogen (secondary N) is 1. The molecule has 0 spiro atoms. The molecule has 2 atom stereocenters. The van der Waals surface area contributed by atoms with Crippen LogP contribution in [0.15, 0.2) is 12.4 Å². The maximum Gasteiger partial charge on any atom is 0.157 e. The Kier molecular flexibility index (Phi) is 6.33. The van der Waals surface area contributed by atoms with Crippen LogP contribution in [0.4, 0.5) is 0 Å². The molecule has 114 valence electrons. The minimum Gasteiger partial charge on any atom is -0.488 e. The van der Waals surface area contributed by atoms with Crippen molar-refractivity contribution in [3.8, 4) is 5.75 Å². The summed E-state index contributed by atoms with van der Waals surface area (Å²) >= 11 is 0. The van der Waals surface area contributed by atoms with Crippen molar-refractivity contribution in [3.05, 3.63) is 12.4 Å². The molecule has 0 bridgehead atoms. The number of aryl methyl sites for hydroxylation is 1. The lowest BCUT2D eigenvalue weighted by atomic mass is 10.2. The minimum atomic E-state index is 0.220. The van der Waals surface area contributed by atoms with Gasteiger partial charge in [-0.2, -0.15) is 5.10 Å². The first-order valence-corrected chi connectivity index (χ1v) is 7.83. The van der Waals surface area contributed by atoms with E-state index in [1.807, 2.05) is 10.9 Å². The van der Waals surface area contributed by atoms with Crippen molar-refractivity contribution in [3.63, 3.8) is 0 Å². The smallest absolute Gasteiger partial charge is 0.157 e. The molecule has 20 heavy (non-hydrogen) atoms. The van der Waals surface area contributed by atoms with Crippen LogP contribution in [0, 0.1) is 0 Å². The van der Waals surface area contributed by atoms with E-state index < -0.39 is 0 Å². The van der Waals surface area contributed by atoms with Crippen molar-refractivity contribution in [1.29, 1.82) is 0 Å². The largest absolute Gasteiger partial charge is 0.488 e. The molecule has 2 unspecified atom stereocenters. The first-order chi connectivity index (χ1) is 9.81. The minimum absolute atomic E-state index is 0.220. The summed E-state index contributed by atoms with van der Waals surface area (Å²) in [6, 6.07) is 0. The van der Waals surface area contributed by atoms with Crippen LogP contribution in [-0.2, 0) is 11.3 Å². The van der Waals surface area contributed by atoms with E-state index in [0.717, 1.165) is 44.6 Å².